The van der Waals surface area contributed by atoms with Crippen molar-refractivity contribution in [1.82, 2.24) is 4.90 Å². The summed E-state index contributed by atoms with van der Waals surface area (Å²) in [6.07, 6.45) is 0.0123. The summed E-state index contributed by atoms with van der Waals surface area (Å²) < 4.78 is 13.0. The Morgan fingerprint density at radius 3 is 2.07 bits per heavy atom. The molecular weight excluding hydrogens is 349 g/mol. The summed E-state index contributed by atoms with van der Waals surface area (Å²) in [7, 11) is 0. The molecule has 1 saturated heterocycles. The van der Waals surface area contributed by atoms with Crippen molar-refractivity contribution in [2.45, 2.75) is 12.8 Å². The van der Waals surface area contributed by atoms with Crippen molar-refractivity contribution in [3.05, 3.63) is 66.0 Å². The fraction of sp³-hybridized carbons (Fsp3) is 0.300. The first-order valence-corrected chi connectivity index (χ1v) is 8.76. The van der Waals surface area contributed by atoms with Gasteiger partial charge >= 0.3 is 6.09 Å². The van der Waals surface area contributed by atoms with Crippen molar-refractivity contribution >= 4 is 17.7 Å². The van der Waals surface area contributed by atoms with Crippen LogP contribution < -0.4 is 10.6 Å². The van der Waals surface area contributed by atoms with E-state index in [9.17, 15) is 9.18 Å². The molecule has 0 aliphatic carbocycles. The van der Waals surface area contributed by atoms with E-state index in [0.29, 0.717) is 6.42 Å². The summed E-state index contributed by atoms with van der Waals surface area (Å²) in [4.78, 5) is 25.2. The van der Waals surface area contributed by atoms with Crippen LogP contribution in [0, 0.1) is 5.82 Å². The number of carbonyl (C=O) groups excluding carboxylic acids is 1. The Morgan fingerprint density at radius 2 is 1.52 bits per heavy atom. The molecule has 0 unspecified atom stereocenters. The van der Waals surface area contributed by atoms with Gasteiger partial charge in [-0.2, -0.15) is 0 Å². The number of primary amides is 1. The monoisotopic (exact) mass is 373 g/mol. The quantitative estimate of drug-likeness (QED) is 0.863. The van der Waals surface area contributed by atoms with Crippen molar-refractivity contribution in [1.29, 1.82) is 0 Å². The number of benzene rings is 2. The number of anilines is 1. The third kappa shape index (κ3) is 6.97. The van der Waals surface area contributed by atoms with Crippen LogP contribution in [0.4, 0.5) is 14.9 Å². The van der Waals surface area contributed by atoms with E-state index < -0.39 is 6.09 Å². The second-order valence-corrected chi connectivity index (χ2v) is 6.17. The molecular formula is C20H24FN3O3. The number of carbonyl (C=O) groups is 2. The van der Waals surface area contributed by atoms with Crippen molar-refractivity contribution in [3.8, 4) is 0 Å². The average molecular weight is 373 g/mol. The van der Waals surface area contributed by atoms with Gasteiger partial charge in [0.1, 0.15) is 5.82 Å². The van der Waals surface area contributed by atoms with Crippen LogP contribution in [0.25, 0.3) is 0 Å². The van der Waals surface area contributed by atoms with Gasteiger partial charge in [0.25, 0.3) is 0 Å². The molecule has 3 rings (SSSR count). The minimum atomic E-state index is -1.33. The maximum Gasteiger partial charge on any atom is 0.402 e. The van der Waals surface area contributed by atoms with Gasteiger partial charge in [0, 0.05) is 38.3 Å². The lowest BCUT2D eigenvalue weighted by Crippen LogP contribution is -2.48. The number of nitrogens with zero attached hydrogens (tertiary/aromatic N) is 2. The summed E-state index contributed by atoms with van der Waals surface area (Å²) in [5.41, 5.74) is 6.24. The highest BCUT2D eigenvalue weighted by Crippen LogP contribution is 2.17. The summed E-state index contributed by atoms with van der Waals surface area (Å²) >= 11 is 0. The Kier molecular flexibility index (Phi) is 7.61. The molecule has 0 atom stereocenters. The maximum atomic E-state index is 13.0. The standard InChI is InChI=1S/C19H21FN2O.CH3NO2/c20-17-7-9-18(10-8-17)21-12-14-22(15-13-21)19(23)11-6-16-4-2-1-3-5-16;2-1(3)4/h1-5,7-10H,6,11-15H2;2H2,(H,3,4). The van der Waals surface area contributed by atoms with Crippen LogP contribution in [0.5, 0.6) is 0 Å². The van der Waals surface area contributed by atoms with Crippen LogP contribution >= 0.6 is 0 Å². The summed E-state index contributed by atoms with van der Waals surface area (Å²) in [5, 5.41) is 7.19. The number of hydrogen-bond donors (Lipinski definition) is 2. The van der Waals surface area contributed by atoms with Gasteiger partial charge in [0.05, 0.1) is 0 Å². The number of halogens is 1. The first-order valence-electron chi connectivity index (χ1n) is 8.76. The van der Waals surface area contributed by atoms with Crippen LogP contribution in [0.3, 0.4) is 0 Å². The summed E-state index contributed by atoms with van der Waals surface area (Å²) in [6.45, 7) is 3.04. The van der Waals surface area contributed by atoms with Gasteiger partial charge in [0.15, 0.2) is 0 Å². The molecule has 0 bridgehead atoms. The maximum absolute atomic E-state index is 13.0. The number of carboxylic acid groups (broad SMARTS) is 1. The third-order valence-corrected chi connectivity index (χ3v) is 4.29. The molecule has 0 spiro atoms. The van der Waals surface area contributed by atoms with E-state index in [2.05, 4.69) is 22.8 Å². The molecule has 3 N–H and O–H groups in total. The lowest BCUT2D eigenvalue weighted by molar-refractivity contribution is -0.131. The van der Waals surface area contributed by atoms with Gasteiger partial charge in [-0.05, 0) is 36.2 Å². The van der Waals surface area contributed by atoms with E-state index in [-0.39, 0.29) is 11.7 Å². The van der Waals surface area contributed by atoms with Crippen LogP contribution in [-0.4, -0.2) is 48.2 Å². The van der Waals surface area contributed by atoms with Gasteiger partial charge in [-0.1, -0.05) is 30.3 Å². The number of nitrogens with two attached hydrogens (primary N) is 1. The van der Waals surface area contributed by atoms with Crippen LogP contribution in [-0.2, 0) is 11.2 Å². The van der Waals surface area contributed by atoms with Gasteiger partial charge < -0.3 is 20.6 Å². The van der Waals surface area contributed by atoms with Crippen LogP contribution in [0.15, 0.2) is 54.6 Å². The largest absolute Gasteiger partial charge is 0.465 e. The normalized spacial score (nSPS) is 13.5. The number of amides is 2. The Balaban J connectivity index is 0.000000596. The third-order valence-electron chi connectivity index (χ3n) is 4.29. The van der Waals surface area contributed by atoms with E-state index in [1.807, 2.05) is 23.1 Å². The van der Waals surface area contributed by atoms with E-state index in [1.165, 1.54) is 17.7 Å². The Morgan fingerprint density at radius 1 is 0.963 bits per heavy atom. The number of rotatable bonds is 4. The van der Waals surface area contributed by atoms with Crippen LogP contribution in [0.2, 0.25) is 0 Å². The first kappa shape index (κ1) is 20.2. The number of aryl methyl sites for hydroxylation is 1. The molecule has 2 aromatic carbocycles. The fourth-order valence-electron chi connectivity index (χ4n) is 2.92. The van der Waals surface area contributed by atoms with Gasteiger partial charge in [-0.3, -0.25) is 4.79 Å². The summed E-state index contributed by atoms with van der Waals surface area (Å²) in [6, 6.07) is 16.6. The molecule has 27 heavy (non-hydrogen) atoms. The van der Waals surface area contributed by atoms with E-state index >= 15 is 0 Å². The van der Waals surface area contributed by atoms with E-state index in [0.717, 1.165) is 38.3 Å². The highest BCUT2D eigenvalue weighted by Gasteiger charge is 2.20. The van der Waals surface area contributed by atoms with Crippen molar-refractivity contribution < 1.29 is 19.1 Å². The highest BCUT2D eigenvalue weighted by molar-refractivity contribution is 5.76. The molecule has 1 fully saturated rings. The molecule has 0 saturated carbocycles. The predicted molar refractivity (Wildman–Crippen MR) is 102 cm³/mol. The summed E-state index contributed by atoms with van der Waals surface area (Å²) in [5.74, 6) is -0.00363. The Labute approximate surface area is 158 Å². The number of piperazine rings is 1. The minimum absolute atomic E-state index is 0.215. The molecule has 1 heterocycles. The Hall–Kier alpha value is -3.09. The predicted octanol–water partition coefficient (Wildman–Crippen LogP) is 2.73. The topological polar surface area (TPSA) is 86.9 Å². The zero-order valence-corrected chi connectivity index (χ0v) is 15.1. The first-order chi connectivity index (χ1) is 13.0. The van der Waals surface area contributed by atoms with Crippen molar-refractivity contribution in [2.24, 2.45) is 5.73 Å². The molecule has 144 valence electrons. The van der Waals surface area contributed by atoms with Crippen LogP contribution in [0.1, 0.15) is 12.0 Å². The van der Waals surface area contributed by atoms with Crippen molar-refractivity contribution in [3.63, 3.8) is 0 Å². The molecule has 2 amide bonds. The minimum Gasteiger partial charge on any atom is -0.465 e. The zero-order chi connectivity index (χ0) is 19.6. The fourth-order valence-corrected chi connectivity index (χ4v) is 2.92. The molecule has 2 aromatic rings. The Bertz CT molecular complexity index is 726. The van der Waals surface area contributed by atoms with Gasteiger partial charge in [0.2, 0.25) is 5.91 Å². The smallest absolute Gasteiger partial charge is 0.402 e. The lowest BCUT2D eigenvalue weighted by Gasteiger charge is -2.36. The average Bonchev–Trinajstić information content (AvgIpc) is 2.67. The van der Waals surface area contributed by atoms with E-state index in [1.54, 1.807) is 12.1 Å². The van der Waals surface area contributed by atoms with Gasteiger partial charge in [-0.25, -0.2) is 9.18 Å². The second-order valence-electron chi connectivity index (χ2n) is 6.17. The van der Waals surface area contributed by atoms with Gasteiger partial charge in [-0.15, -0.1) is 0 Å². The molecule has 1 aliphatic heterocycles. The molecule has 7 heteroatoms. The highest BCUT2D eigenvalue weighted by atomic mass is 19.1. The number of hydrogen-bond acceptors (Lipinski definition) is 3. The molecule has 1 aliphatic rings. The lowest BCUT2D eigenvalue weighted by atomic mass is 10.1. The SMILES string of the molecule is NC(=O)O.O=C(CCc1ccccc1)N1CCN(c2ccc(F)cc2)CC1. The molecule has 0 radical (unpaired) electrons. The molecule has 6 nitrogen and oxygen atoms in total. The molecule has 0 aromatic heterocycles. The van der Waals surface area contributed by atoms with Crippen molar-refractivity contribution in [2.75, 3.05) is 31.1 Å². The second kappa shape index (κ2) is 10.2. The zero-order valence-electron chi connectivity index (χ0n) is 15.1. The van der Waals surface area contributed by atoms with E-state index in [4.69, 9.17) is 9.90 Å².